The van der Waals surface area contributed by atoms with Crippen molar-refractivity contribution in [3.8, 4) is 0 Å². The minimum atomic E-state index is 0.236. The van der Waals surface area contributed by atoms with E-state index in [1.165, 1.54) is 5.69 Å². The lowest BCUT2D eigenvalue weighted by Crippen LogP contribution is -2.38. The van der Waals surface area contributed by atoms with Crippen molar-refractivity contribution in [3.05, 3.63) is 30.3 Å². The van der Waals surface area contributed by atoms with Gasteiger partial charge in [0, 0.05) is 25.3 Å². The molecule has 0 spiro atoms. The van der Waals surface area contributed by atoms with Gasteiger partial charge in [0.25, 0.3) is 0 Å². The molecule has 2 heteroatoms. The first-order valence-electron chi connectivity index (χ1n) is 5.13. The molecule has 1 aromatic rings. The summed E-state index contributed by atoms with van der Waals surface area (Å²) in [4.78, 5) is 2.20. The van der Waals surface area contributed by atoms with E-state index >= 15 is 0 Å². The van der Waals surface area contributed by atoms with Crippen LogP contribution in [0.3, 0.4) is 0 Å². The van der Waals surface area contributed by atoms with Gasteiger partial charge in [-0.15, -0.1) is 0 Å². The molecule has 0 fully saturated rings. The molecule has 0 heterocycles. The van der Waals surface area contributed by atoms with Crippen molar-refractivity contribution in [3.63, 3.8) is 0 Å². The first-order valence-corrected chi connectivity index (χ1v) is 5.13. The second kappa shape index (κ2) is 5.01. The largest absolute Gasteiger partial charge is 0.373 e. The minimum absolute atomic E-state index is 0.236. The van der Waals surface area contributed by atoms with Crippen molar-refractivity contribution in [1.29, 1.82) is 0 Å². The van der Waals surface area contributed by atoms with Crippen molar-refractivity contribution in [2.75, 3.05) is 18.5 Å². The Balaban J connectivity index is 2.55. The van der Waals surface area contributed by atoms with Crippen LogP contribution in [0.1, 0.15) is 13.8 Å². The Bertz CT molecular complexity index is 256. The van der Waals surface area contributed by atoms with Gasteiger partial charge in [0.15, 0.2) is 0 Å². The Kier molecular flexibility index (Phi) is 3.96. The Morgan fingerprint density at radius 3 is 2.29 bits per heavy atom. The van der Waals surface area contributed by atoms with E-state index in [0.29, 0.717) is 5.92 Å². The highest BCUT2D eigenvalue weighted by molar-refractivity contribution is 5.45. The first kappa shape index (κ1) is 11.1. The smallest absolute Gasteiger partial charge is 0.0364 e. The van der Waals surface area contributed by atoms with Crippen LogP contribution in [0.5, 0.6) is 0 Å². The fraction of sp³-hybridized carbons (Fsp3) is 0.500. The highest BCUT2D eigenvalue weighted by atomic mass is 15.1. The summed E-state index contributed by atoms with van der Waals surface area (Å²) in [5, 5.41) is 0. The van der Waals surface area contributed by atoms with Gasteiger partial charge in [0.2, 0.25) is 0 Å². The Morgan fingerprint density at radius 2 is 1.79 bits per heavy atom. The van der Waals surface area contributed by atoms with Crippen LogP contribution < -0.4 is 10.6 Å². The summed E-state index contributed by atoms with van der Waals surface area (Å²) in [6.07, 6.45) is 0. The molecule has 1 unspecified atom stereocenters. The van der Waals surface area contributed by atoms with E-state index in [0.717, 1.165) is 6.54 Å². The number of nitrogens with zero attached hydrogens (tertiary/aromatic N) is 1. The molecule has 0 aliphatic heterocycles. The SMILES string of the molecule is CC(C)C(N)CN(C)c1ccccc1. The van der Waals surface area contributed by atoms with Crippen molar-refractivity contribution < 1.29 is 0 Å². The molecule has 0 saturated carbocycles. The zero-order chi connectivity index (χ0) is 10.6. The van der Waals surface area contributed by atoms with Gasteiger partial charge >= 0.3 is 0 Å². The standard InChI is InChI=1S/C12H20N2/c1-10(2)12(13)9-14(3)11-7-5-4-6-8-11/h4-8,10,12H,9,13H2,1-3H3. The van der Waals surface area contributed by atoms with Crippen LogP contribution in [0, 0.1) is 5.92 Å². The zero-order valence-corrected chi connectivity index (χ0v) is 9.27. The number of benzene rings is 1. The molecule has 0 amide bonds. The number of likely N-dealkylation sites (N-methyl/N-ethyl adjacent to an activating group) is 1. The summed E-state index contributed by atoms with van der Waals surface area (Å²) in [6.45, 7) is 5.22. The lowest BCUT2D eigenvalue weighted by Gasteiger charge is -2.25. The maximum Gasteiger partial charge on any atom is 0.0364 e. The summed E-state index contributed by atoms with van der Waals surface area (Å²) in [5.74, 6) is 0.529. The molecular weight excluding hydrogens is 172 g/mol. The number of hydrogen-bond donors (Lipinski definition) is 1. The molecule has 14 heavy (non-hydrogen) atoms. The molecule has 1 aromatic carbocycles. The average molecular weight is 192 g/mol. The average Bonchev–Trinajstić information content (AvgIpc) is 2.19. The van der Waals surface area contributed by atoms with Gasteiger partial charge in [-0.1, -0.05) is 32.0 Å². The van der Waals surface area contributed by atoms with Crippen LogP contribution in [0.4, 0.5) is 5.69 Å². The summed E-state index contributed by atoms with van der Waals surface area (Å²) in [6, 6.07) is 10.6. The molecule has 0 aromatic heterocycles. The molecule has 2 N–H and O–H groups in total. The monoisotopic (exact) mass is 192 g/mol. The Labute approximate surface area is 86.7 Å². The van der Waals surface area contributed by atoms with Gasteiger partial charge in [-0.3, -0.25) is 0 Å². The fourth-order valence-corrected chi connectivity index (χ4v) is 1.31. The summed E-state index contributed by atoms with van der Waals surface area (Å²) < 4.78 is 0. The van der Waals surface area contributed by atoms with Crippen LogP contribution in [-0.4, -0.2) is 19.6 Å². The third-order valence-corrected chi connectivity index (χ3v) is 2.54. The fourth-order valence-electron chi connectivity index (χ4n) is 1.31. The normalized spacial score (nSPS) is 12.9. The van der Waals surface area contributed by atoms with Crippen molar-refractivity contribution in [1.82, 2.24) is 0 Å². The molecule has 0 bridgehead atoms. The van der Waals surface area contributed by atoms with Crippen molar-refractivity contribution in [2.45, 2.75) is 19.9 Å². The summed E-state index contributed by atoms with van der Waals surface area (Å²) in [5.41, 5.74) is 7.24. The van der Waals surface area contributed by atoms with Crippen LogP contribution in [0.25, 0.3) is 0 Å². The minimum Gasteiger partial charge on any atom is -0.373 e. The molecule has 1 atom stereocenters. The van der Waals surface area contributed by atoms with E-state index in [-0.39, 0.29) is 6.04 Å². The first-order chi connectivity index (χ1) is 6.61. The van der Waals surface area contributed by atoms with E-state index < -0.39 is 0 Å². The maximum absolute atomic E-state index is 6.01. The molecule has 1 rings (SSSR count). The topological polar surface area (TPSA) is 29.3 Å². The van der Waals surface area contributed by atoms with Crippen LogP contribution in [0.15, 0.2) is 30.3 Å². The van der Waals surface area contributed by atoms with Crippen LogP contribution in [0.2, 0.25) is 0 Å². The molecule has 0 radical (unpaired) electrons. The molecule has 0 saturated heterocycles. The second-order valence-electron chi connectivity index (χ2n) is 4.12. The Hall–Kier alpha value is -1.02. The van der Waals surface area contributed by atoms with E-state index in [9.17, 15) is 0 Å². The quantitative estimate of drug-likeness (QED) is 0.791. The van der Waals surface area contributed by atoms with Crippen LogP contribution >= 0.6 is 0 Å². The van der Waals surface area contributed by atoms with Crippen molar-refractivity contribution >= 4 is 5.69 Å². The van der Waals surface area contributed by atoms with Gasteiger partial charge in [0.1, 0.15) is 0 Å². The molecule has 2 nitrogen and oxygen atoms in total. The third-order valence-electron chi connectivity index (χ3n) is 2.54. The molecule has 78 valence electrons. The molecular formula is C12H20N2. The van der Waals surface area contributed by atoms with Crippen molar-refractivity contribution in [2.24, 2.45) is 11.7 Å². The van der Waals surface area contributed by atoms with E-state index in [4.69, 9.17) is 5.73 Å². The van der Waals surface area contributed by atoms with E-state index in [1.807, 2.05) is 18.2 Å². The van der Waals surface area contributed by atoms with Gasteiger partial charge in [-0.05, 0) is 18.1 Å². The Morgan fingerprint density at radius 1 is 1.21 bits per heavy atom. The predicted molar refractivity (Wildman–Crippen MR) is 62.5 cm³/mol. The van der Waals surface area contributed by atoms with E-state index in [2.05, 4.69) is 37.9 Å². The van der Waals surface area contributed by atoms with E-state index in [1.54, 1.807) is 0 Å². The number of anilines is 1. The van der Waals surface area contributed by atoms with Gasteiger partial charge < -0.3 is 10.6 Å². The summed E-state index contributed by atoms with van der Waals surface area (Å²) in [7, 11) is 2.08. The van der Waals surface area contributed by atoms with Gasteiger partial charge in [0.05, 0.1) is 0 Å². The molecule has 0 aliphatic rings. The number of para-hydroxylation sites is 1. The predicted octanol–water partition coefficient (Wildman–Crippen LogP) is 2.11. The van der Waals surface area contributed by atoms with Gasteiger partial charge in [-0.25, -0.2) is 0 Å². The highest BCUT2D eigenvalue weighted by Crippen LogP contribution is 2.12. The second-order valence-corrected chi connectivity index (χ2v) is 4.12. The third kappa shape index (κ3) is 3.04. The van der Waals surface area contributed by atoms with Gasteiger partial charge in [-0.2, -0.15) is 0 Å². The lowest BCUT2D eigenvalue weighted by molar-refractivity contribution is 0.493. The summed E-state index contributed by atoms with van der Waals surface area (Å²) >= 11 is 0. The molecule has 0 aliphatic carbocycles. The maximum atomic E-state index is 6.01. The number of rotatable bonds is 4. The number of nitrogens with two attached hydrogens (primary N) is 1. The highest BCUT2D eigenvalue weighted by Gasteiger charge is 2.10. The lowest BCUT2D eigenvalue weighted by atomic mass is 10.1. The van der Waals surface area contributed by atoms with Crippen LogP contribution in [-0.2, 0) is 0 Å². The zero-order valence-electron chi connectivity index (χ0n) is 9.27. The number of hydrogen-bond acceptors (Lipinski definition) is 2.